The standard InChI is InChI=1S/C13H14N2O/c1-9-3-2-4-10(5-9)13-15-12(8-16-13)11-6-14-7-11/h2-5,8,11,14H,6-7H2,1H3. The lowest BCUT2D eigenvalue weighted by molar-refractivity contribution is 0.438. The van der Waals surface area contributed by atoms with E-state index in [0.29, 0.717) is 5.92 Å². The highest BCUT2D eigenvalue weighted by atomic mass is 16.3. The molecule has 3 heteroatoms. The second-order valence-electron chi connectivity index (χ2n) is 4.30. The molecule has 3 rings (SSSR count). The van der Waals surface area contributed by atoms with Crippen LogP contribution in [0.5, 0.6) is 0 Å². The van der Waals surface area contributed by atoms with Gasteiger partial charge in [0, 0.05) is 24.6 Å². The van der Waals surface area contributed by atoms with Crippen LogP contribution in [0.25, 0.3) is 11.5 Å². The van der Waals surface area contributed by atoms with Gasteiger partial charge in [-0.3, -0.25) is 0 Å². The molecule has 3 nitrogen and oxygen atoms in total. The van der Waals surface area contributed by atoms with Gasteiger partial charge in [-0.2, -0.15) is 0 Å². The maximum atomic E-state index is 5.52. The largest absolute Gasteiger partial charge is 0.444 e. The van der Waals surface area contributed by atoms with E-state index in [2.05, 4.69) is 29.4 Å². The number of nitrogens with one attached hydrogen (secondary N) is 1. The monoisotopic (exact) mass is 214 g/mol. The Morgan fingerprint density at radius 2 is 2.25 bits per heavy atom. The van der Waals surface area contributed by atoms with E-state index in [9.17, 15) is 0 Å². The first-order valence-electron chi connectivity index (χ1n) is 5.56. The Morgan fingerprint density at radius 3 is 2.94 bits per heavy atom. The van der Waals surface area contributed by atoms with Gasteiger partial charge in [-0.15, -0.1) is 0 Å². The van der Waals surface area contributed by atoms with E-state index in [1.807, 2.05) is 12.1 Å². The molecule has 1 aliphatic heterocycles. The normalized spacial score (nSPS) is 16.1. The van der Waals surface area contributed by atoms with E-state index in [-0.39, 0.29) is 0 Å². The SMILES string of the molecule is Cc1cccc(-c2nc(C3CNC3)co2)c1. The van der Waals surface area contributed by atoms with Crippen LogP contribution in [0.15, 0.2) is 34.9 Å². The van der Waals surface area contributed by atoms with Crippen LogP contribution < -0.4 is 5.32 Å². The number of hydrogen-bond donors (Lipinski definition) is 1. The molecule has 0 aliphatic carbocycles. The number of rotatable bonds is 2. The van der Waals surface area contributed by atoms with Gasteiger partial charge >= 0.3 is 0 Å². The zero-order valence-corrected chi connectivity index (χ0v) is 9.23. The van der Waals surface area contributed by atoms with E-state index in [4.69, 9.17) is 4.42 Å². The van der Waals surface area contributed by atoms with Crippen LogP contribution in [-0.4, -0.2) is 18.1 Å². The molecule has 82 valence electrons. The minimum absolute atomic E-state index is 0.530. The molecule has 1 aliphatic rings. The molecule has 1 fully saturated rings. The maximum absolute atomic E-state index is 5.52. The number of benzene rings is 1. The minimum atomic E-state index is 0.530. The van der Waals surface area contributed by atoms with Gasteiger partial charge in [0.15, 0.2) is 0 Å². The predicted molar refractivity (Wildman–Crippen MR) is 62.3 cm³/mol. The van der Waals surface area contributed by atoms with E-state index in [1.54, 1.807) is 6.26 Å². The zero-order chi connectivity index (χ0) is 11.0. The Hall–Kier alpha value is -1.61. The van der Waals surface area contributed by atoms with Crippen molar-refractivity contribution in [3.05, 3.63) is 41.8 Å². The summed E-state index contributed by atoms with van der Waals surface area (Å²) in [6, 6.07) is 8.22. The summed E-state index contributed by atoms with van der Waals surface area (Å²) in [6.45, 7) is 4.10. The van der Waals surface area contributed by atoms with Gasteiger partial charge < -0.3 is 9.73 Å². The van der Waals surface area contributed by atoms with Gasteiger partial charge in [0.2, 0.25) is 5.89 Å². The van der Waals surface area contributed by atoms with E-state index >= 15 is 0 Å². The molecule has 16 heavy (non-hydrogen) atoms. The summed E-state index contributed by atoms with van der Waals surface area (Å²) in [6.07, 6.45) is 1.78. The van der Waals surface area contributed by atoms with Crippen LogP contribution in [0.2, 0.25) is 0 Å². The van der Waals surface area contributed by atoms with E-state index < -0.39 is 0 Å². The predicted octanol–water partition coefficient (Wildman–Crippen LogP) is 2.34. The first-order chi connectivity index (χ1) is 7.83. The molecule has 0 atom stereocenters. The topological polar surface area (TPSA) is 38.1 Å². The highest BCUT2D eigenvalue weighted by Crippen LogP contribution is 2.24. The third-order valence-electron chi connectivity index (χ3n) is 2.99. The van der Waals surface area contributed by atoms with Crippen LogP contribution in [-0.2, 0) is 0 Å². The number of oxazole rings is 1. The van der Waals surface area contributed by atoms with E-state index in [1.165, 1.54) is 5.56 Å². The Kier molecular flexibility index (Phi) is 2.26. The smallest absolute Gasteiger partial charge is 0.226 e. The van der Waals surface area contributed by atoms with Crippen LogP contribution in [0.1, 0.15) is 17.2 Å². The van der Waals surface area contributed by atoms with Gasteiger partial charge in [-0.25, -0.2) is 4.98 Å². The van der Waals surface area contributed by atoms with Crippen molar-refractivity contribution in [3.8, 4) is 11.5 Å². The fourth-order valence-corrected chi connectivity index (χ4v) is 1.88. The average Bonchev–Trinajstić information content (AvgIpc) is 2.64. The Balaban J connectivity index is 1.91. The fraction of sp³-hybridized carbons (Fsp3) is 0.308. The summed E-state index contributed by atoms with van der Waals surface area (Å²) < 4.78 is 5.52. The summed E-state index contributed by atoms with van der Waals surface area (Å²) >= 11 is 0. The molecule has 1 N–H and O–H groups in total. The van der Waals surface area contributed by atoms with Crippen molar-refractivity contribution in [3.63, 3.8) is 0 Å². The van der Waals surface area contributed by atoms with Crippen LogP contribution in [0, 0.1) is 6.92 Å². The lowest BCUT2D eigenvalue weighted by atomic mass is 10.0. The summed E-state index contributed by atoms with van der Waals surface area (Å²) in [7, 11) is 0. The second-order valence-corrected chi connectivity index (χ2v) is 4.30. The molecule has 2 heterocycles. The molecule has 0 radical (unpaired) electrons. The van der Waals surface area contributed by atoms with Gasteiger partial charge in [0.1, 0.15) is 6.26 Å². The Labute approximate surface area is 94.5 Å². The highest BCUT2D eigenvalue weighted by Gasteiger charge is 2.22. The van der Waals surface area contributed by atoms with Crippen molar-refractivity contribution in [1.82, 2.24) is 10.3 Å². The lowest BCUT2D eigenvalue weighted by Gasteiger charge is -2.24. The fourth-order valence-electron chi connectivity index (χ4n) is 1.88. The molecule has 1 aromatic carbocycles. The van der Waals surface area contributed by atoms with Gasteiger partial charge in [-0.05, 0) is 19.1 Å². The molecular weight excluding hydrogens is 200 g/mol. The Bertz CT molecular complexity index is 500. The molecule has 1 aromatic heterocycles. The molecule has 2 aromatic rings. The van der Waals surface area contributed by atoms with Crippen molar-refractivity contribution in [2.24, 2.45) is 0 Å². The third kappa shape index (κ3) is 1.63. The molecule has 0 bridgehead atoms. The molecule has 0 amide bonds. The van der Waals surface area contributed by atoms with Gasteiger partial charge in [-0.1, -0.05) is 17.7 Å². The quantitative estimate of drug-likeness (QED) is 0.833. The van der Waals surface area contributed by atoms with Gasteiger partial charge in [0.25, 0.3) is 0 Å². The maximum Gasteiger partial charge on any atom is 0.226 e. The average molecular weight is 214 g/mol. The summed E-state index contributed by atoms with van der Waals surface area (Å²) in [5.74, 6) is 1.26. The zero-order valence-electron chi connectivity index (χ0n) is 9.23. The Morgan fingerprint density at radius 1 is 1.38 bits per heavy atom. The van der Waals surface area contributed by atoms with Crippen LogP contribution in [0.3, 0.4) is 0 Å². The van der Waals surface area contributed by atoms with Crippen molar-refractivity contribution < 1.29 is 4.42 Å². The summed E-state index contributed by atoms with van der Waals surface area (Å²) in [5.41, 5.74) is 3.34. The molecule has 0 unspecified atom stereocenters. The van der Waals surface area contributed by atoms with Crippen LogP contribution in [0.4, 0.5) is 0 Å². The first-order valence-corrected chi connectivity index (χ1v) is 5.56. The van der Waals surface area contributed by atoms with Gasteiger partial charge in [0.05, 0.1) is 5.69 Å². The summed E-state index contributed by atoms with van der Waals surface area (Å²) in [5, 5.41) is 3.24. The first kappa shape index (κ1) is 9.60. The van der Waals surface area contributed by atoms with Crippen molar-refractivity contribution in [2.45, 2.75) is 12.8 Å². The van der Waals surface area contributed by atoms with E-state index in [0.717, 1.165) is 30.2 Å². The van der Waals surface area contributed by atoms with Crippen molar-refractivity contribution >= 4 is 0 Å². The van der Waals surface area contributed by atoms with Crippen molar-refractivity contribution in [2.75, 3.05) is 13.1 Å². The number of nitrogens with zero attached hydrogens (tertiary/aromatic N) is 1. The molecule has 0 spiro atoms. The van der Waals surface area contributed by atoms with Crippen LogP contribution >= 0.6 is 0 Å². The second kappa shape index (κ2) is 3.76. The molecular formula is C13H14N2O. The lowest BCUT2D eigenvalue weighted by Crippen LogP contribution is -2.40. The third-order valence-corrected chi connectivity index (χ3v) is 2.99. The minimum Gasteiger partial charge on any atom is -0.444 e. The number of aromatic nitrogens is 1. The van der Waals surface area contributed by atoms with Crippen molar-refractivity contribution in [1.29, 1.82) is 0 Å². The molecule has 0 saturated carbocycles. The molecule has 1 saturated heterocycles. The summed E-state index contributed by atoms with van der Waals surface area (Å²) in [4.78, 5) is 4.54. The number of aryl methyl sites for hydroxylation is 1. The highest BCUT2D eigenvalue weighted by molar-refractivity contribution is 5.54. The number of hydrogen-bond acceptors (Lipinski definition) is 3.